The molecule has 1 aromatic heterocycles. The molecule has 214 valence electrons. The lowest BCUT2D eigenvalue weighted by Crippen LogP contribution is -2.32. The van der Waals surface area contributed by atoms with E-state index < -0.39 is 23.4 Å². The Kier molecular flexibility index (Phi) is 12.8. The van der Waals surface area contributed by atoms with Gasteiger partial charge in [-0.25, -0.2) is 4.98 Å². The molecule has 0 aliphatic rings. The van der Waals surface area contributed by atoms with E-state index in [0.717, 1.165) is 23.6 Å². The number of pyridine rings is 1. The van der Waals surface area contributed by atoms with Crippen molar-refractivity contribution in [2.24, 2.45) is 5.41 Å². The highest BCUT2D eigenvalue weighted by Crippen LogP contribution is 2.33. The quantitative estimate of drug-likeness (QED) is 0.255. The number of rotatable bonds is 10. The average Bonchev–Trinajstić information content (AvgIpc) is 2.82. The van der Waals surface area contributed by atoms with Gasteiger partial charge in [0.15, 0.2) is 5.75 Å². The summed E-state index contributed by atoms with van der Waals surface area (Å²) in [5.41, 5.74) is 1.27. The van der Waals surface area contributed by atoms with E-state index >= 15 is 0 Å². The van der Waals surface area contributed by atoms with Crippen molar-refractivity contribution in [3.63, 3.8) is 0 Å². The Morgan fingerprint density at radius 1 is 1.10 bits per heavy atom. The molecule has 0 atom stereocenters. The highest BCUT2D eigenvalue weighted by molar-refractivity contribution is 6.31. The molecule has 0 saturated heterocycles. The number of allylic oxidation sites excluding steroid dienone is 2. The number of nitrogens with one attached hydrogen (secondary N) is 4. The zero-order chi connectivity index (χ0) is 29.8. The zero-order valence-electron chi connectivity index (χ0n) is 22.8. The fourth-order valence-corrected chi connectivity index (χ4v) is 3.42. The minimum atomic E-state index is -4.92. The number of nitrogens with zero attached hydrogens (tertiary/aromatic N) is 1. The van der Waals surface area contributed by atoms with Crippen LogP contribution in [0.25, 0.3) is 0 Å². The number of aromatic nitrogens is 1. The van der Waals surface area contributed by atoms with Crippen LogP contribution in [0.2, 0.25) is 5.02 Å². The van der Waals surface area contributed by atoms with Gasteiger partial charge in [-0.05, 0) is 55.7 Å². The molecule has 8 nitrogen and oxygen atoms in total. The summed E-state index contributed by atoms with van der Waals surface area (Å²) < 4.78 is 41.6. The second-order valence-electron chi connectivity index (χ2n) is 9.21. The lowest BCUT2D eigenvalue weighted by Gasteiger charge is -2.24. The van der Waals surface area contributed by atoms with Gasteiger partial charge in [-0.15, -0.1) is 13.2 Å². The molecule has 2 rings (SSSR count). The Hall–Kier alpha value is -3.73. The Balaban J connectivity index is 0.000000708. The number of aryl methyl sites for hydroxylation is 1. The Labute approximate surface area is 232 Å². The Morgan fingerprint density at radius 2 is 1.74 bits per heavy atom. The summed E-state index contributed by atoms with van der Waals surface area (Å²) >= 11 is 5.81. The second-order valence-corrected chi connectivity index (χ2v) is 9.65. The summed E-state index contributed by atoms with van der Waals surface area (Å²) in [4.78, 5) is 28.9. The standard InChI is InChI=1S/C20H25ClF3N3O3.C7H10N2/c1-6-14(12(2)25-5)26-17(28)10-19(3,4)11-18(29)27-15-9-13(21)7-8-16(15)30-20(22,23)24;1-6-4-3-5-7(8-2)9-6/h6-9,25H,1,10-11H2,2-5H3,(H,26,28)(H,27,29);3-5H,1-2H3,(H,8,9)/b14-12+;. The van der Waals surface area contributed by atoms with Crippen molar-refractivity contribution >= 4 is 34.9 Å². The van der Waals surface area contributed by atoms with Gasteiger partial charge in [0.05, 0.1) is 11.4 Å². The summed E-state index contributed by atoms with van der Waals surface area (Å²) in [5.74, 6) is -0.580. The molecule has 0 bridgehead atoms. The van der Waals surface area contributed by atoms with Gasteiger partial charge >= 0.3 is 6.36 Å². The maximum absolute atomic E-state index is 12.6. The highest BCUT2D eigenvalue weighted by atomic mass is 35.5. The number of alkyl halides is 3. The molecule has 12 heteroatoms. The fraction of sp³-hybridized carbons (Fsp3) is 0.370. The van der Waals surface area contributed by atoms with E-state index in [1.54, 1.807) is 27.8 Å². The molecule has 4 N–H and O–H groups in total. The molecule has 2 aromatic rings. The topological polar surface area (TPSA) is 104 Å². The van der Waals surface area contributed by atoms with Crippen molar-refractivity contribution in [1.29, 1.82) is 0 Å². The van der Waals surface area contributed by atoms with E-state index in [1.165, 1.54) is 12.1 Å². The number of anilines is 2. The largest absolute Gasteiger partial charge is 0.573 e. The summed E-state index contributed by atoms with van der Waals surface area (Å²) in [7, 11) is 3.56. The minimum Gasteiger partial charge on any atom is -0.404 e. The summed E-state index contributed by atoms with van der Waals surface area (Å²) in [6.45, 7) is 10.8. The maximum atomic E-state index is 12.6. The van der Waals surface area contributed by atoms with Crippen LogP contribution in [0.1, 0.15) is 39.3 Å². The Bertz CT molecular complexity index is 1180. The Morgan fingerprint density at radius 3 is 2.26 bits per heavy atom. The number of carbonyl (C=O) groups excluding carboxylic acids is 2. The van der Waals surface area contributed by atoms with Crippen LogP contribution >= 0.6 is 11.6 Å². The van der Waals surface area contributed by atoms with Crippen molar-refractivity contribution in [3.05, 3.63) is 71.2 Å². The number of hydrogen-bond acceptors (Lipinski definition) is 6. The predicted octanol–water partition coefficient (Wildman–Crippen LogP) is 6.17. The minimum absolute atomic E-state index is 0.00376. The number of benzene rings is 1. The third kappa shape index (κ3) is 13.1. The third-order valence-electron chi connectivity index (χ3n) is 5.12. The SMILES string of the molecule is C=C/C(NC(=O)CC(C)(C)CC(=O)Nc1cc(Cl)ccc1OC(F)(F)F)=C(/C)NC.CNc1cccc(C)n1. The second kappa shape index (κ2) is 15.0. The lowest BCUT2D eigenvalue weighted by atomic mass is 9.85. The van der Waals surface area contributed by atoms with Crippen molar-refractivity contribution < 1.29 is 27.5 Å². The number of amides is 2. The molecule has 0 saturated carbocycles. The van der Waals surface area contributed by atoms with Crippen LogP contribution in [0.3, 0.4) is 0 Å². The maximum Gasteiger partial charge on any atom is 0.573 e. The molecule has 0 unspecified atom stereocenters. The van der Waals surface area contributed by atoms with Crippen LogP contribution in [-0.4, -0.2) is 37.3 Å². The number of ether oxygens (including phenoxy) is 1. The van der Waals surface area contributed by atoms with Gasteiger partial charge in [0.2, 0.25) is 11.8 Å². The van der Waals surface area contributed by atoms with Gasteiger partial charge in [0.25, 0.3) is 0 Å². The first-order valence-electron chi connectivity index (χ1n) is 11.9. The number of halogens is 4. The lowest BCUT2D eigenvalue weighted by molar-refractivity contribution is -0.274. The van der Waals surface area contributed by atoms with Crippen molar-refractivity contribution in [1.82, 2.24) is 15.6 Å². The van der Waals surface area contributed by atoms with E-state index in [2.05, 4.69) is 37.6 Å². The van der Waals surface area contributed by atoms with Crippen LogP contribution in [0, 0.1) is 12.3 Å². The van der Waals surface area contributed by atoms with E-state index in [1.807, 2.05) is 32.2 Å². The van der Waals surface area contributed by atoms with Gasteiger partial charge in [0, 0.05) is 43.4 Å². The van der Waals surface area contributed by atoms with E-state index in [-0.39, 0.29) is 29.5 Å². The molecule has 39 heavy (non-hydrogen) atoms. The molecule has 0 aliphatic carbocycles. The third-order valence-corrected chi connectivity index (χ3v) is 5.36. The van der Waals surface area contributed by atoms with Crippen molar-refractivity contribution in [3.8, 4) is 5.75 Å². The molecule has 0 aliphatic heterocycles. The first kappa shape index (κ1) is 33.3. The van der Waals surface area contributed by atoms with Gasteiger partial charge in [-0.3, -0.25) is 9.59 Å². The number of hydrogen-bond donors (Lipinski definition) is 4. The summed E-state index contributed by atoms with van der Waals surface area (Å²) in [6, 6.07) is 9.27. The van der Waals surface area contributed by atoms with E-state index in [4.69, 9.17) is 11.6 Å². The summed E-state index contributed by atoms with van der Waals surface area (Å²) in [6.07, 6.45) is -3.57. The van der Waals surface area contributed by atoms with Gasteiger partial charge in [-0.2, -0.15) is 0 Å². The molecule has 0 spiro atoms. The first-order valence-corrected chi connectivity index (χ1v) is 12.2. The molecule has 1 aromatic carbocycles. The monoisotopic (exact) mass is 569 g/mol. The normalized spacial score (nSPS) is 11.7. The van der Waals surface area contributed by atoms with Crippen molar-refractivity contribution in [2.45, 2.75) is 46.9 Å². The van der Waals surface area contributed by atoms with Crippen LogP contribution in [0.4, 0.5) is 24.7 Å². The van der Waals surface area contributed by atoms with E-state index in [0.29, 0.717) is 11.4 Å². The fourth-order valence-electron chi connectivity index (χ4n) is 3.25. The van der Waals surface area contributed by atoms with Gasteiger partial charge in [0.1, 0.15) is 5.82 Å². The molecular formula is C27H35ClF3N5O3. The van der Waals surface area contributed by atoms with Crippen LogP contribution in [0.5, 0.6) is 5.75 Å². The molecule has 2 amide bonds. The van der Waals surface area contributed by atoms with E-state index in [9.17, 15) is 22.8 Å². The molecule has 0 fully saturated rings. The molecule has 0 radical (unpaired) electrons. The number of carbonyl (C=O) groups is 2. The van der Waals surface area contributed by atoms with Gasteiger partial charge in [-0.1, -0.05) is 38.1 Å². The van der Waals surface area contributed by atoms with Gasteiger partial charge < -0.3 is 26.0 Å². The van der Waals surface area contributed by atoms with Crippen LogP contribution in [0.15, 0.2) is 60.4 Å². The van der Waals surface area contributed by atoms with Crippen molar-refractivity contribution in [2.75, 3.05) is 24.7 Å². The first-order chi connectivity index (χ1) is 18.1. The predicted molar refractivity (Wildman–Crippen MR) is 148 cm³/mol. The van der Waals surface area contributed by atoms with Crippen LogP contribution < -0.4 is 26.0 Å². The molecular weight excluding hydrogens is 535 g/mol. The zero-order valence-corrected chi connectivity index (χ0v) is 23.6. The molecule has 1 heterocycles. The average molecular weight is 570 g/mol. The van der Waals surface area contributed by atoms with Crippen LogP contribution in [-0.2, 0) is 9.59 Å². The summed E-state index contributed by atoms with van der Waals surface area (Å²) in [5, 5.41) is 11.1. The smallest absolute Gasteiger partial charge is 0.404 e. The highest BCUT2D eigenvalue weighted by Gasteiger charge is 2.33.